The van der Waals surface area contributed by atoms with Gasteiger partial charge in [0.15, 0.2) is 0 Å². The van der Waals surface area contributed by atoms with Crippen LogP contribution in [-0.2, 0) is 0 Å². The van der Waals surface area contributed by atoms with E-state index in [4.69, 9.17) is 5.73 Å². The van der Waals surface area contributed by atoms with Gasteiger partial charge in [0.05, 0.1) is 10.3 Å². The van der Waals surface area contributed by atoms with E-state index in [2.05, 4.69) is 36.2 Å². The number of nitrogens with two attached hydrogens (primary N) is 1. The van der Waals surface area contributed by atoms with Crippen LogP contribution in [0.25, 0.3) is 0 Å². The van der Waals surface area contributed by atoms with Gasteiger partial charge >= 0.3 is 0 Å². The van der Waals surface area contributed by atoms with Crippen molar-refractivity contribution in [1.82, 2.24) is 4.98 Å². The van der Waals surface area contributed by atoms with Crippen LogP contribution in [0.15, 0.2) is 53.7 Å². The van der Waals surface area contributed by atoms with E-state index in [-0.39, 0.29) is 11.3 Å². The highest BCUT2D eigenvalue weighted by Gasteiger charge is 2.18. The minimum Gasteiger partial charge on any atom is -0.327 e. The van der Waals surface area contributed by atoms with Crippen molar-refractivity contribution in [2.24, 2.45) is 5.73 Å². The van der Waals surface area contributed by atoms with Crippen molar-refractivity contribution in [1.29, 1.82) is 0 Å². The standard InChI is InChI=1S/C15H18N2S/c1-11-6-8-13(9-7-11)15(12(2)16)18-14-5-3-4-10-17-14/h3-10,12,15H,16H2,1-2H3. The highest BCUT2D eigenvalue weighted by atomic mass is 32.2. The second-order valence-electron chi connectivity index (χ2n) is 4.48. The lowest BCUT2D eigenvalue weighted by Gasteiger charge is -2.20. The molecule has 0 fully saturated rings. The third-order valence-corrected chi connectivity index (χ3v) is 4.21. The number of benzene rings is 1. The Morgan fingerprint density at radius 1 is 1.11 bits per heavy atom. The number of hydrogen-bond acceptors (Lipinski definition) is 3. The molecule has 0 aliphatic rings. The molecular formula is C15H18N2S. The maximum Gasteiger partial charge on any atom is 0.0966 e. The lowest BCUT2D eigenvalue weighted by atomic mass is 10.1. The number of hydrogen-bond donors (Lipinski definition) is 1. The van der Waals surface area contributed by atoms with Crippen molar-refractivity contribution >= 4 is 11.8 Å². The van der Waals surface area contributed by atoms with Crippen LogP contribution in [0.3, 0.4) is 0 Å². The fourth-order valence-electron chi connectivity index (χ4n) is 1.78. The highest BCUT2D eigenvalue weighted by Crippen LogP contribution is 2.35. The molecular weight excluding hydrogens is 240 g/mol. The number of nitrogens with zero attached hydrogens (tertiary/aromatic N) is 1. The fraction of sp³-hybridized carbons (Fsp3) is 0.267. The van der Waals surface area contributed by atoms with E-state index in [1.165, 1.54) is 11.1 Å². The van der Waals surface area contributed by atoms with Gasteiger partial charge in [-0.05, 0) is 31.5 Å². The van der Waals surface area contributed by atoms with Gasteiger partial charge in [-0.15, -0.1) is 0 Å². The fourth-order valence-corrected chi connectivity index (χ4v) is 2.83. The number of aryl methyl sites for hydroxylation is 1. The monoisotopic (exact) mass is 258 g/mol. The maximum absolute atomic E-state index is 6.11. The predicted octanol–water partition coefficient (Wildman–Crippen LogP) is 3.57. The van der Waals surface area contributed by atoms with Crippen molar-refractivity contribution in [2.75, 3.05) is 0 Å². The quantitative estimate of drug-likeness (QED) is 0.852. The molecule has 94 valence electrons. The van der Waals surface area contributed by atoms with Crippen molar-refractivity contribution in [3.05, 3.63) is 59.8 Å². The van der Waals surface area contributed by atoms with Crippen LogP contribution < -0.4 is 5.73 Å². The lowest BCUT2D eigenvalue weighted by Crippen LogP contribution is -2.22. The molecule has 2 nitrogen and oxygen atoms in total. The number of rotatable bonds is 4. The summed E-state index contributed by atoms with van der Waals surface area (Å²) in [6.07, 6.45) is 1.82. The average molecular weight is 258 g/mol. The average Bonchev–Trinajstić information content (AvgIpc) is 2.38. The van der Waals surface area contributed by atoms with Gasteiger partial charge in [-0.2, -0.15) is 0 Å². The number of pyridine rings is 1. The maximum atomic E-state index is 6.11. The first kappa shape index (κ1) is 13.1. The van der Waals surface area contributed by atoms with Crippen LogP contribution >= 0.6 is 11.8 Å². The Morgan fingerprint density at radius 3 is 2.39 bits per heavy atom. The Bertz CT molecular complexity index is 480. The van der Waals surface area contributed by atoms with Gasteiger partial charge in [0, 0.05) is 12.2 Å². The SMILES string of the molecule is Cc1ccc(C(Sc2ccccn2)C(C)N)cc1. The smallest absolute Gasteiger partial charge is 0.0966 e. The molecule has 3 heteroatoms. The highest BCUT2D eigenvalue weighted by molar-refractivity contribution is 7.99. The van der Waals surface area contributed by atoms with Crippen molar-refractivity contribution in [2.45, 2.75) is 30.2 Å². The summed E-state index contributed by atoms with van der Waals surface area (Å²) in [7, 11) is 0. The van der Waals surface area contributed by atoms with Gasteiger partial charge in [-0.3, -0.25) is 0 Å². The molecule has 0 bridgehead atoms. The molecule has 0 aliphatic carbocycles. The Hall–Kier alpha value is -1.32. The second-order valence-corrected chi connectivity index (χ2v) is 5.64. The molecule has 18 heavy (non-hydrogen) atoms. The van der Waals surface area contributed by atoms with Crippen LogP contribution in [0.4, 0.5) is 0 Å². The molecule has 1 aromatic carbocycles. The minimum absolute atomic E-state index is 0.0831. The zero-order valence-electron chi connectivity index (χ0n) is 10.7. The molecule has 0 aliphatic heterocycles. The molecule has 0 radical (unpaired) electrons. The summed E-state index contributed by atoms with van der Waals surface area (Å²) in [4.78, 5) is 4.35. The van der Waals surface area contributed by atoms with E-state index in [0.29, 0.717) is 0 Å². The summed E-state index contributed by atoms with van der Waals surface area (Å²) in [6, 6.07) is 14.6. The van der Waals surface area contributed by atoms with Gasteiger partial charge in [-0.1, -0.05) is 47.7 Å². The zero-order chi connectivity index (χ0) is 13.0. The van der Waals surface area contributed by atoms with E-state index < -0.39 is 0 Å². The largest absolute Gasteiger partial charge is 0.327 e. The second kappa shape index (κ2) is 6.03. The third kappa shape index (κ3) is 3.34. The summed E-state index contributed by atoms with van der Waals surface area (Å²) in [5.74, 6) is 0. The molecule has 0 saturated heterocycles. The van der Waals surface area contributed by atoms with Crippen molar-refractivity contribution in [3.63, 3.8) is 0 Å². The first-order valence-electron chi connectivity index (χ1n) is 6.06. The van der Waals surface area contributed by atoms with Gasteiger partial charge in [-0.25, -0.2) is 4.98 Å². The van der Waals surface area contributed by atoms with Gasteiger partial charge in [0.25, 0.3) is 0 Å². The lowest BCUT2D eigenvalue weighted by molar-refractivity contribution is 0.720. The Morgan fingerprint density at radius 2 is 1.83 bits per heavy atom. The van der Waals surface area contributed by atoms with E-state index in [1.807, 2.05) is 31.3 Å². The van der Waals surface area contributed by atoms with Crippen LogP contribution in [0.1, 0.15) is 23.3 Å². The van der Waals surface area contributed by atoms with E-state index in [1.54, 1.807) is 11.8 Å². The number of aromatic nitrogens is 1. The molecule has 2 N–H and O–H groups in total. The van der Waals surface area contributed by atoms with Crippen LogP contribution in [0, 0.1) is 6.92 Å². The van der Waals surface area contributed by atoms with Crippen LogP contribution in [0.5, 0.6) is 0 Å². The van der Waals surface area contributed by atoms with Crippen LogP contribution in [-0.4, -0.2) is 11.0 Å². The molecule has 0 amide bonds. The van der Waals surface area contributed by atoms with Crippen LogP contribution in [0.2, 0.25) is 0 Å². The molecule has 0 spiro atoms. The Labute approximate surface area is 113 Å². The number of thioether (sulfide) groups is 1. The van der Waals surface area contributed by atoms with Crippen molar-refractivity contribution in [3.8, 4) is 0 Å². The minimum atomic E-state index is 0.0831. The third-order valence-electron chi connectivity index (χ3n) is 2.77. The zero-order valence-corrected chi connectivity index (χ0v) is 11.5. The van der Waals surface area contributed by atoms with Gasteiger partial charge in [0.2, 0.25) is 0 Å². The summed E-state index contributed by atoms with van der Waals surface area (Å²) < 4.78 is 0. The van der Waals surface area contributed by atoms with E-state index in [0.717, 1.165) is 5.03 Å². The first-order chi connectivity index (χ1) is 8.66. The molecule has 1 aromatic heterocycles. The summed E-state index contributed by atoms with van der Waals surface area (Å²) in [6.45, 7) is 4.14. The Kier molecular flexibility index (Phi) is 4.39. The molecule has 1 heterocycles. The van der Waals surface area contributed by atoms with Gasteiger partial charge < -0.3 is 5.73 Å². The van der Waals surface area contributed by atoms with Crippen molar-refractivity contribution < 1.29 is 0 Å². The summed E-state index contributed by atoms with van der Waals surface area (Å²) in [5.41, 5.74) is 8.63. The molecule has 0 saturated carbocycles. The summed E-state index contributed by atoms with van der Waals surface area (Å²) >= 11 is 1.72. The predicted molar refractivity (Wildman–Crippen MR) is 77.7 cm³/mol. The first-order valence-corrected chi connectivity index (χ1v) is 6.94. The molecule has 2 unspecified atom stereocenters. The molecule has 2 rings (SSSR count). The normalized spacial score (nSPS) is 14.2. The topological polar surface area (TPSA) is 38.9 Å². The molecule has 2 atom stereocenters. The van der Waals surface area contributed by atoms with Gasteiger partial charge in [0.1, 0.15) is 0 Å². The van der Waals surface area contributed by atoms with E-state index >= 15 is 0 Å². The van der Waals surface area contributed by atoms with E-state index in [9.17, 15) is 0 Å². The molecule has 2 aromatic rings. The summed E-state index contributed by atoms with van der Waals surface area (Å²) in [5, 5.41) is 1.25. The Balaban J connectivity index is 2.21.